The molecule has 0 saturated carbocycles. The van der Waals surface area contributed by atoms with Gasteiger partial charge in [-0.25, -0.2) is 4.98 Å². The molecular weight excluding hydrogens is 248 g/mol. The Kier molecular flexibility index (Phi) is 3.35. The number of nitrogens with zero attached hydrogens (tertiary/aromatic N) is 2. The summed E-state index contributed by atoms with van der Waals surface area (Å²) in [6.45, 7) is 3.78. The molecule has 3 heterocycles. The van der Waals surface area contributed by atoms with Gasteiger partial charge in [0.05, 0.1) is 25.9 Å². The summed E-state index contributed by atoms with van der Waals surface area (Å²) < 4.78 is 16.5. The highest BCUT2D eigenvalue weighted by molar-refractivity contribution is 5.98. The van der Waals surface area contributed by atoms with E-state index in [-0.39, 0.29) is 12.0 Å². The van der Waals surface area contributed by atoms with Crippen molar-refractivity contribution >= 4 is 11.6 Å². The molecule has 2 aliphatic rings. The molecular formula is C13H16N2O4. The van der Waals surface area contributed by atoms with Crippen LogP contribution in [0.2, 0.25) is 0 Å². The van der Waals surface area contributed by atoms with Gasteiger partial charge in [0.2, 0.25) is 5.88 Å². The highest BCUT2D eigenvalue weighted by Gasteiger charge is 2.36. The molecule has 0 aromatic carbocycles. The number of hydrogen-bond donors (Lipinski definition) is 0. The van der Waals surface area contributed by atoms with Crippen molar-refractivity contribution in [1.82, 2.24) is 4.98 Å². The van der Waals surface area contributed by atoms with E-state index in [2.05, 4.69) is 4.98 Å². The first-order chi connectivity index (χ1) is 9.27. The Hall–Kier alpha value is -1.66. The number of aromatic nitrogens is 1. The Labute approximate surface area is 111 Å². The molecule has 2 atom stereocenters. The molecule has 0 aliphatic carbocycles. The lowest BCUT2D eigenvalue weighted by Gasteiger charge is -2.35. The molecule has 6 heteroatoms. The summed E-state index contributed by atoms with van der Waals surface area (Å²) in [5, 5.41) is 0. The zero-order valence-corrected chi connectivity index (χ0v) is 10.7. The Morgan fingerprint density at radius 3 is 3.05 bits per heavy atom. The lowest BCUT2D eigenvalue weighted by molar-refractivity contribution is -0.159. The Morgan fingerprint density at radius 2 is 2.21 bits per heavy atom. The quantitative estimate of drug-likeness (QED) is 0.743. The second kappa shape index (κ2) is 5.14. The molecule has 6 nitrogen and oxygen atoms in total. The molecule has 1 amide bonds. The van der Waals surface area contributed by atoms with Gasteiger partial charge in [-0.2, -0.15) is 0 Å². The third kappa shape index (κ3) is 2.29. The number of carbonyl (C=O) groups is 1. The van der Waals surface area contributed by atoms with Crippen molar-refractivity contribution in [2.24, 2.45) is 0 Å². The smallest absolute Gasteiger partial charge is 0.259 e. The molecule has 19 heavy (non-hydrogen) atoms. The molecule has 1 fully saturated rings. The molecule has 1 saturated heterocycles. The third-order valence-corrected chi connectivity index (χ3v) is 3.29. The molecule has 0 radical (unpaired) electrons. The fraction of sp³-hybridized carbons (Fsp3) is 0.538. The van der Waals surface area contributed by atoms with Crippen molar-refractivity contribution in [2.45, 2.75) is 19.1 Å². The SMILES string of the molecule is C[C@@H]1OCCO[C@@H]1C(=O)N1CCOc2ncccc21. The summed E-state index contributed by atoms with van der Waals surface area (Å²) in [7, 11) is 0. The number of carbonyl (C=O) groups excluding carboxylic acids is 1. The topological polar surface area (TPSA) is 60.9 Å². The first-order valence-electron chi connectivity index (χ1n) is 6.40. The second-order valence-electron chi connectivity index (χ2n) is 4.53. The third-order valence-electron chi connectivity index (χ3n) is 3.29. The van der Waals surface area contributed by atoms with E-state index < -0.39 is 6.10 Å². The second-order valence-corrected chi connectivity index (χ2v) is 4.53. The van der Waals surface area contributed by atoms with Crippen LogP contribution in [-0.4, -0.2) is 49.5 Å². The standard InChI is InChI=1S/C13H16N2O4/c1-9-11(18-8-7-17-9)13(16)15-5-6-19-12-10(15)3-2-4-14-12/h2-4,9,11H,5-8H2,1H3/t9-,11-/m0/s1. The van der Waals surface area contributed by atoms with Crippen LogP contribution in [0.1, 0.15) is 6.92 Å². The van der Waals surface area contributed by atoms with Crippen LogP contribution in [0.5, 0.6) is 5.88 Å². The number of hydrogen-bond acceptors (Lipinski definition) is 5. The molecule has 2 aliphatic heterocycles. The zero-order chi connectivity index (χ0) is 13.2. The Bertz CT molecular complexity index is 479. The van der Waals surface area contributed by atoms with E-state index in [1.54, 1.807) is 17.2 Å². The van der Waals surface area contributed by atoms with Crippen LogP contribution in [-0.2, 0) is 14.3 Å². The summed E-state index contributed by atoms with van der Waals surface area (Å²) in [4.78, 5) is 18.4. The molecule has 0 spiro atoms. The fourth-order valence-corrected chi connectivity index (χ4v) is 2.34. The average molecular weight is 264 g/mol. The normalized spacial score (nSPS) is 26.5. The maximum Gasteiger partial charge on any atom is 0.259 e. The minimum absolute atomic E-state index is 0.0928. The maximum atomic E-state index is 12.6. The Morgan fingerprint density at radius 1 is 1.37 bits per heavy atom. The van der Waals surface area contributed by atoms with E-state index in [1.807, 2.05) is 13.0 Å². The largest absolute Gasteiger partial charge is 0.474 e. The molecule has 1 aromatic heterocycles. The van der Waals surface area contributed by atoms with E-state index in [4.69, 9.17) is 14.2 Å². The average Bonchev–Trinajstić information content (AvgIpc) is 2.46. The van der Waals surface area contributed by atoms with Crippen molar-refractivity contribution in [3.05, 3.63) is 18.3 Å². The van der Waals surface area contributed by atoms with E-state index in [0.717, 1.165) is 0 Å². The van der Waals surface area contributed by atoms with E-state index in [0.29, 0.717) is 37.9 Å². The van der Waals surface area contributed by atoms with Crippen LogP contribution in [0.25, 0.3) is 0 Å². The van der Waals surface area contributed by atoms with E-state index in [1.165, 1.54) is 0 Å². The fourth-order valence-electron chi connectivity index (χ4n) is 2.34. The van der Waals surface area contributed by atoms with Gasteiger partial charge in [0.1, 0.15) is 12.3 Å². The van der Waals surface area contributed by atoms with Crippen LogP contribution in [0, 0.1) is 0 Å². The maximum absolute atomic E-state index is 12.6. The predicted octanol–water partition coefficient (Wildman–Crippen LogP) is 0.611. The van der Waals surface area contributed by atoms with E-state index in [9.17, 15) is 4.79 Å². The van der Waals surface area contributed by atoms with Crippen LogP contribution in [0.3, 0.4) is 0 Å². The van der Waals surface area contributed by atoms with Crippen LogP contribution in [0.4, 0.5) is 5.69 Å². The minimum atomic E-state index is -0.556. The van der Waals surface area contributed by atoms with Crippen molar-refractivity contribution < 1.29 is 19.0 Å². The van der Waals surface area contributed by atoms with Crippen LogP contribution in [0.15, 0.2) is 18.3 Å². The van der Waals surface area contributed by atoms with E-state index >= 15 is 0 Å². The van der Waals surface area contributed by atoms with Crippen LogP contribution < -0.4 is 9.64 Å². The molecule has 1 aromatic rings. The monoisotopic (exact) mass is 264 g/mol. The molecule has 3 rings (SSSR count). The summed E-state index contributed by atoms with van der Waals surface area (Å²) in [5.74, 6) is 0.399. The highest BCUT2D eigenvalue weighted by Crippen LogP contribution is 2.30. The van der Waals surface area contributed by atoms with Crippen molar-refractivity contribution in [2.75, 3.05) is 31.3 Å². The number of amides is 1. The predicted molar refractivity (Wildman–Crippen MR) is 67.2 cm³/mol. The van der Waals surface area contributed by atoms with Gasteiger partial charge in [-0.1, -0.05) is 0 Å². The van der Waals surface area contributed by atoms with Gasteiger partial charge >= 0.3 is 0 Å². The van der Waals surface area contributed by atoms with Gasteiger partial charge in [0, 0.05) is 6.20 Å². The molecule has 0 unspecified atom stereocenters. The summed E-state index contributed by atoms with van der Waals surface area (Å²) in [6.07, 6.45) is 0.861. The molecule has 0 N–H and O–H groups in total. The van der Waals surface area contributed by atoms with Gasteiger partial charge in [0.15, 0.2) is 6.10 Å². The number of pyridine rings is 1. The summed E-state index contributed by atoms with van der Waals surface area (Å²) in [5.41, 5.74) is 0.695. The first-order valence-corrected chi connectivity index (χ1v) is 6.40. The van der Waals surface area contributed by atoms with Crippen molar-refractivity contribution in [3.8, 4) is 5.88 Å². The molecule has 102 valence electrons. The summed E-state index contributed by atoms with van der Waals surface area (Å²) >= 11 is 0. The van der Waals surface area contributed by atoms with Gasteiger partial charge < -0.3 is 19.1 Å². The van der Waals surface area contributed by atoms with Gasteiger partial charge in [0.25, 0.3) is 5.91 Å². The van der Waals surface area contributed by atoms with Crippen molar-refractivity contribution in [1.29, 1.82) is 0 Å². The van der Waals surface area contributed by atoms with Crippen molar-refractivity contribution in [3.63, 3.8) is 0 Å². The lowest BCUT2D eigenvalue weighted by atomic mass is 10.1. The summed E-state index contributed by atoms with van der Waals surface area (Å²) in [6, 6.07) is 3.61. The number of ether oxygens (including phenoxy) is 3. The van der Waals surface area contributed by atoms with Gasteiger partial charge in [-0.05, 0) is 19.1 Å². The minimum Gasteiger partial charge on any atom is -0.474 e. The Balaban J connectivity index is 1.84. The number of rotatable bonds is 1. The molecule has 0 bridgehead atoms. The lowest BCUT2D eigenvalue weighted by Crippen LogP contribution is -2.51. The number of anilines is 1. The van der Waals surface area contributed by atoms with Crippen LogP contribution >= 0.6 is 0 Å². The number of fused-ring (bicyclic) bond motifs is 1. The zero-order valence-electron chi connectivity index (χ0n) is 10.7. The van der Waals surface area contributed by atoms with Gasteiger partial charge in [-0.15, -0.1) is 0 Å². The van der Waals surface area contributed by atoms with Gasteiger partial charge in [-0.3, -0.25) is 4.79 Å². The first kappa shape index (κ1) is 12.4. The highest BCUT2D eigenvalue weighted by atomic mass is 16.6.